The Labute approximate surface area is 80.0 Å². The third-order valence-electron chi connectivity index (χ3n) is 2.65. The predicted octanol–water partition coefficient (Wildman–Crippen LogP) is 0.716. The van der Waals surface area contributed by atoms with Crippen LogP contribution in [0, 0.1) is 6.92 Å². The van der Waals surface area contributed by atoms with Crippen molar-refractivity contribution >= 4 is 0 Å². The molecule has 14 heavy (non-hydrogen) atoms. The molecule has 0 saturated heterocycles. The molecule has 0 spiro atoms. The number of tetrazole rings is 1. The molecule has 1 aromatic heterocycles. The molecule has 5 heteroatoms. The summed E-state index contributed by atoms with van der Waals surface area (Å²) >= 11 is 0. The second kappa shape index (κ2) is 2.31. The number of phenols is 1. The third-order valence-corrected chi connectivity index (χ3v) is 2.65. The maximum absolute atomic E-state index is 9.53. The van der Waals surface area contributed by atoms with Crippen LogP contribution < -0.4 is 0 Å². The summed E-state index contributed by atoms with van der Waals surface area (Å²) in [5.74, 6) is 1.10. The van der Waals surface area contributed by atoms with Gasteiger partial charge in [0.15, 0.2) is 5.82 Å². The lowest BCUT2D eigenvalue weighted by Gasteiger charge is -2.03. The Bertz CT molecular complexity index is 518. The van der Waals surface area contributed by atoms with Crippen LogP contribution in [-0.4, -0.2) is 25.3 Å². The molecule has 0 bridgehead atoms. The summed E-state index contributed by atoms with van der Waals surface area (Å²) in [4.78, 5) is 0. The summed E-state index contributed by atoms with van der Waals surface area (Å²) < 4.78 is 1.73. The molecule has 1 N–H and O–H groups in total. The number of hydrogen-bond donors (Lipinski definition) is 1. The van der Waals surface area contributed by atoms with Crippen molar-refractivity contribution in [2.75, 3.05) is 0 Å². The lowest BCUT2D eigenvalue weighted by Crippen LogP contribution is -1.96. The summed E-state index contributed by atoms with van der Waals surface area (Å²) in [7, 11) is 0. The summed E-state index contributed by atoms with van der Waals surface area (Å²) in [5, 5.41) is 20.9. The minimum absolute atomic E-state index is 0.322. The van der Waals surface area contributed by atoms with Crippen LogP contribution in [0.3, 0.4) is 0 Å². The zero-order valence-electron chi connectivity index (χ0n) is 7.60. The number of hydrogen-bond acceptors (Lipinski definition) is 4. The van der Waals surface area contributed by atoms with E-state index in [1.54, 1.807) is 10.7 Å². The van der Waals surface area contributed by atoms with Gasteiger partial charge < -0.3 is 5.11 Å². The lowest BCUT2D eigenvalue weighted by atomic mass is 10.0. The molecule has 0 saturated carbocycles. The molecular formula is C9H8N4O. The third kappa shape index (κ3) is 0.761. The maximum atomic E-state index is 9.53. The molecule has 2 aromatic rings. The molecule has 1 aliphatic heterocycles. The van der Waals surface area contributed by atoms with E-state index in [-0.39, 0.29) is 0 Å². The number of phenolic OH excluding ortho intramolecular Hbond substituents is 1. The Morgan fingerprint density at radius 1 is 1.43 bits per heavy atom. The smallest absolute Gasteiger partial charge is 0.182 e. The number of aromatic hydroxyl groups is 1. The van der Waals surface area contributed by atoms with Gasteiger partial charge in [-0.1, -0.05) is 0 Å². The molecule has 0 fully saturated rings. The fraction of sp³-hybridized carbons (Fsp3) is 0.222. The van der Waals surface area contributed by atoms with Crippen LogP contribution in [-0.2, 0) is 6.54 Å². The van der Waals surface area contributed by atoms with Gasteiger partial charge in [-0.3, -0.25) is 0 Å². The van der Waals surface area contributed by atoms with Crippen molar-refractivity contribution in [1.82, 2.24) is 20.2 Å². The minimum Gasteiger partial charge on any atom is -0.508 e. The fourth-order valence-corrected chi connectivity index (χ4v) is 1.81. The lowest BCUT2D eigenvalue weighted by molar-refractivity contribution is 0.470. The first-order valence-electron chi connectivity index (χ1n) is 4.35. The van der Waals surface area contributed by atoms with Gasteiger partial charge in [0.1, 0.15) is 5.75 Å². The molecule has 1 aromatic carbocycles. The first-order chi connectivity index (χ1) is 6.77. The van der Waals surface area contributed by atoms with Crippen LogP contribution in [0.4, 0.5) is 0 Å². The number of nitrogens with zero attached hydrogens (tertiary/aromatic N) is 4. The normalized spacial score (nSPS) is 12.6. The topological polar surface area (TPSA) is 63.8 Å². The zero-order chi connectivity index (χ0) is 9.71. The van der Waals surface area contributed by atoms with Crippen LogP contribution in [0.25, 0.3) is 11.4 Å². The Morgan fingerprint density at radius 3 is 3.14 bits per heavy atom. The van der Waals surface area contributed by atoms with Gasteiger partial charge in [0.05, 0.1) is 6.54 Å². The zero-order valence-corrected chi connectivity index (χ0v) is 7.60. The van der Waals surface area contributed by atoms with Gasteiger partial charge in [0, 0.05) is 5.56 Å². The Hall–Kier alpha value is -1.91. The van der Waals surface area contributed by atoms with E-state index in [4.69, 9.17) is 0 Å². The highest BCUT2D eigenvalue weighted by atomic mass is 16.3. The Morgan fingerprint density at radius 2 is 2.29 bits per heavy atom. The van der Waals surface area contributed by atoms with Gasteiger partial charge in [-0.05, 0) is 40.6 Å². The number of aromatic nitrogens is 4. The van der Waals surface area contributed by atoms with Crippen molar-refractivity contribution in [3.05, 3.63) is 23.3 Å². The van der Waals surface area contributed by atoms with E-state index in [9.17, 15) is 5.11 Å². The van der Waals surface area contributed by atoms with Gasteiger partial charge in [0.25, 0.3) is 0 Å². The average molecular weight is 188 g/mol. The van der Waals surface area contributed by atoms with Gasteiger partial charge in [-0.2, -0.15) is 0 Å². The van der Waals surface area contributed by atoms with Crippen molar-refractivity contribution in [2.24, 2.45) is 0 Å². The second-order valence-corrected chi connectivity index (χ2v) is 3.40. The predicted molar refractivity (Wildman–Crippen MR) is 48.8 cm³/mol. The van der Waals surface area contributed by atoms with Crippen molar-refractivity contribution < 1.29 is 5.11 Å². The van der Waals surface area contributed by atoms with Crippen LogP contribution in [0.2, 0.25) is 0 Å². The van der Waals surface area contributed by atoms with Crippen LogP contribution in [0.5, 0.6) is 5.75 Å². The molecule has 5 nitrogen and oxygen atoms in total. The van der Waals surface area contributed by atoms with Crippen LogP contribution in [0.15, 0.2) is 12.1 Å². The highest BCUT2D eigenvalue weighted by Crippen LogP contribution is 2.34. The van der Waals surface area contributed by atoms with Crippen molar-refractivity contribution in [1.29, 1.82) is 0 Å². The first kappa shape index (κ1) is 7.49. The van der Waals surface area contributed by atoms with Crippen LogP contribution in [0.1, 0.15) is 11.1 Å². The van der Waals surface area contributed by atoms with Crippen LogP contribution >= 0.6 is 0 Å². The first-order valence-corrected chi connectivity index (χ1v) is 4.35. The number of rotatable bonds is 0. The highest BCUT2D eigenvalue weighted by Gasteiger charge is 2.23. The number of benzene rings is 1. The second-order valence-electron chi connectivity index (χ2n) is 3.40. The van der Waals surface area contributed by atoms with Crippen molar-refractivity contribution in [3.63, 3.8) is 0 Å². The van der Waals surface area contributed by atoms with Gasteiger partial charge in [-0.15, -0.1) is 5.10 Å². The van der Waals surface area contributed by atoms with Gasteiger partial charge in [-0.25, -0.2) is 4.68 Å². The monoisotopic (exact) mass is 188 g/mol. The summed E-state index contributed by atoms with van der Waals surface area (Å²) in [5.41, 5.74) is 3.00. The van der Waals surface area contributed by atoms with E-state index in [1.807, 2.05) is 13.0 Å². The fourth-order valence-electron chi connectivity index (χ4n) is 1.81. The van der Waals surface area contributed by atoms with Gasteiger partial charge in [0.2, 0.25) is 0 Å². The number of fused-ring (bicyclic) bond motifs is 3. The molecular weight excluding hydrogens is 180 g/mol. The summed E-state index contributed by atoms with van der Waals surface area (Å²) in [6.45, 7) is 2.55. The maximum Gasteiger partial charge on any atom is 0.182 e. The summed E-state index contributed by atoms with van der Waals surface area (Å²) in [6.07, 6.45) is 0. The van der Waals surface area contributed by atoms with E-state index in [0.717, 1.165) is 22.5 Å². The molecule has 2 heterocycles. The summed E-state index contributed by atoms with van der Waals surface area (Å²) in [6, 6.07) is 3.53. The Kier molecular flexibility index (Phi) is 1.24. The average Bonchev–Trinajstić information content (AvgIpc) is 2.71. The van der Waals surface area contributed by atoms with E-state index >= 15 is 0 Å². The molecule has 0 aliphatic carbocycles. The molecule has 1 aliphatic rings. The molecule has 0 unspecified atom stereocenters. The molecule has 0 radical (unpaired) electrons. The van der Waals surface area contributed by atoms with E-state index in [0.29, 0.717) is 12.3 Å². The van der Waals surface area contributed by atoms with Crippen molar-refractivity contribution in [3.8, 4) is 17.1 Å². The van der Waals surface area contributed by atoms with E-state index in [1.165, 1.54) is 0 Å². The molecule has 0 atom stereocenters. The van der Waals surface area contributed by atoms with Gasteiger partial charge >= 0.3 is 0 Å². The minimum atomic E-state index is 0.322. The quantitative estimate of drug-likeness (QED) is 0.564. The standard InChI is InChI=1S/C9H8N4O/c1-5-7-4-13-9(10-11-12-13)6(7)2-3-8(5)14/h2-3,14H,4H2,1H3. The molecule has 0 amide bonds. The highest BCUT2D eigenvalue weighted by molar-refractivity contribution is 5.67. The Balaban J connectivity index is 2.32. The van der Waals surface area contributed by atoms with E-state index in [2.05, 4.69) is 15.5 Å². The molecule has 3 rings (SSSR count). The SMILES string of the molecule is Cc1c(O)ccc2c1Cn1nnnc1-2. The van der Waals surface area contributed by atoms with E-state index < -0.39 is 0 Å². The molecule has 70 valence electrons. The largest absolute Gasteiger partial charge is 0.508 e. The van der Waals surface area contributed by atoms with Crippen molar-refractivity contribution in [2.45, 2.75) is 13.5 Å².